The van der Waals surface area contributed by atoms with E-state index in [0.717, 1.165) is 18.7 Å². The van der Waals surface area contributed by atoms with E-state index in [-0.39, 0.29) is 5.54 Å². The van der Waals surface area contributed by atoms with E-state index < -0.39 is 0 Å². The number of methoxy groups -OCH3 is 1. The second-order valence-corrected chi connectivity index (χ2v) is 4.60. The molecule has 3 nitrogen and oxygen atoms in total. The fourth-order valence-electron chi connectivity index (χ4n) is 1.28. The monoisotopic (exact) mass is 208 g/mol. The molecule has 0 bridgehead atoms. The Morgan fingerprint density at radius 3 is 2.67 bits per heavy atom. The Bertz CT molecular complexity index is 305. The summed E-state index contributed by atoms with van der Waals surface area (Å²) in [5.74, 6) is 0.684. The summed E-state index contributed by atoms with van der Waals surface area (Å²) in [5, 5.41) is 3.43. The Morgan fingerprint density at radius 1 is 1.33 bits per heavy atom. The van der Waals surface area contributed by atoms with Crippen molar-refractivity contribution in [1.29, 1.82) is 0 Å². The molecular formula is C12H20N2O. The number of pyridine rings is 1. The first kappa shape index (κ1) is 12.0. The minimum absolute atomic E-state index is 0.166. The van der Waals surface area contributed by atoms with Crippen LogP contribution < -0.4 is 10.1 Å². The third-order valence-corrected chi connectivity index (χ3v) is 2.03. The molecule has 3 heteroatoms. The summed E-state index contributed by atoms with van der Waals surface area (Å²) in [6.07, 6.45) is 0.925. The molecule has 0 unspecified atom stereocenters. The van der Waals surface area contributed by atoms with Crippen molar-refractivity contribution in [3.63, 3.8) is 0 Å². The standard InChI is InChI=1S/C12H20N2O/c1-12(2,3)13-9-8-10-6-5-7-11(14-10)15-4/h5-7,13H,8-9H2,1-4H3. The van der Waals surface area contributed by atoms with Gasteiger partial charge >= 0.3 is 0 Å². The summed E-state index contributed by atoms with van der Waals surface area (Å²) in [6.45, 7) is 7.41. The second kappa shape index (κ2) is 5.12. The number of hydrogen-bond acceptors (Lipinski definition) is 3. The lowest BCUT2D eigenvalue weighted by molar-refractivity contribution is 0.394. The molecule has 1 aromatic heterocycles. The molecule has 1 rings (SSSR count). The van der Waals surface area contributed by atoms with E-state index in [1.54, 1.807) is 7.11 Å². The number of hydrogen-bond donors (Lipinski definition) is 1. The van der Waals surface area contributed by atoms with Gasteiger partial charge in [0.05, 0.1) is 7.11 Å². The van der Waals surface area contributed by atoms with Crippen LogP contribution in [0.25, 0.3) is 0 Å². The molecule has 0 aliphatic heterocycles. The molecular weight excluding hydrogens is 188 g/mol. The Labute approximate surface area is 91.9 Å². The molecule has 0 saturated carbocycles. The molecule has 1 heterocycles. The van der Waals surface area contributed by atoms with Gasteiger partial charge in [-0.3, -0.25) is 0 Å². The van der Waals surface area contributed by atoms with Crippen LogP contribution in [-0.2, 0) is 6.42 Å². The number of rotatable bonds is 4. The quantitative estimate of drug-likeness (QED) is 0.822. The number of nitrogens with one attached hydrogen (secondary N) is 1. The van der Waals surface area contributed by atoms with Crippen molar-refractivity contribution in [2.24, 2.45) is 0 Å². The van der Waals surface area contributed by atoms with Gasteiger partial charge in [-0.1, -0.05) is 6.07 Å². The minimum atomic E-state index is 0.166. The van der Waals surface area contributed by atoms with Crippen LogP contribution in [0.1, 0.15) is 26.5 Å². The van der Waals surface area contributed by atoms with Gasteiger partial charge in [-0.25, -0.2) is 4.98 Å². The highest BCUT2D eigenvalue weighted by atomic mass is 16.5. The first-order valence-electron chi connectivity index (χ1n) is 5.26. The normalized spacial score (nSPS) is 11.5. The highest BCUT2D eigenvalue weighted by Gasteiger charge is 2.07. The fraction of sp³-hybridized carbons (Fsp3) is 0.583. The van der Waals surface area contributed by atoms with Crippen molar-refractivity contribution in [3.8, 4) is 5.88 Å². The lowest BCUT2D eigenvalue weighted by Gasteiger charge is -2.20. The molecule has 84 valence electrons. The Hall–Kier alpha value is -1.09. The zero-order valence-corrected chi connectivity index (χ0v) is 10.0. The summed E-state index contributed by atoms with van der Waals surface area (Å²) in [7, 11) is 1.64. The van der Waals surface area contributed by atoms with Crippen molar-refractivity contribution >= 4 is 0 Å². The Morgan fingerprint density at radius 2 is 2.07 bits per heavy atom. The van der Waals surface area contributed by atoms with Crippen molar-refractivity contribution in [2.45, 2.75) is 32.7 Å². The summed E-state index contributed by atoms with van der Waals surface area (Å²) < 4.78 is 5.07. The molecule has 1 N–H and O–H groups in total. The fourth-order valence-corrected chi connectivity index (χ4v) is 1.28. The first-order chi connectivity index (χ1) is 7.01. The van der Waals surface area contributed by atoms with Gasteiger partial charge in [0.1, 0.15) is 0 Å². The number of ether oxygens (including phenoxy) is 1. The summed E-state index contributed by atoms with van der Waals surface area (Å²) >= 11 is 0. The average Bonchev–Trinajstić information content (AvgIpc) is 2.16. The van der Waals surface area contributed by atoms with Crippen LogP contribution in [0.5, 0.6) is 5.88 Å². The largest absolute Gasteiger partial charge is 0.481 e. The van der Waals surface area contributed by atoms with E-state index in [0.29, 0.717) is 5.88 Å². The van der Waals surface area contributed by atoms with Gasteiger partial charge in [0, 0.05) is 30.3 Å². The summed E-state index contributed by atoms with van der Waals surface area (Å²) in [6, 6.07) is 5.85. The van der Waals surface area contributed by atoms with Gasteiger partial charge in [-0.2, -0.15) is 0 Å². The molecule has 0 aromatic carbocycles. The molecule has 0 aliphatic carbocycles. The molecule has 15 heavy (non-hydrogen) atoms. The van der Waals surface area contributed by atoms with Crippen LogP contribution in [0.15, 0.2) is 18.2 Å². The van der Waals surface area contributed by atoms with Crippen LogP contribution >= 0.6 is 0 Å². The van der Waals surface area contributed by atoms with Gasteiger partial charge in [0.25, 0.3) is 0 Å². The summed E-state index contributed by atoms with van der Waals surface area (Å²) in [5.41, 5.74) is 1.23. The van der Waals surface area contributed by atoms with E-state index in [9.17, 15) is 0 Å². The molecule has 0 amide bonds. The maximum atomic E-state index is 5.07. The molecule has 0 aliphatic rings. The minimum Gasteiger partial charge on any atom is -0.481 e. The maximum Gasteiger partial charge on any atom is 0.213 e. The van der Waals surface area contributed by atoms with E-state index >= 15 is 0 Å². The van der Waals surface area contributed by atoms with Crippen molar-refractivity contribution in [3.05, 3.63) is 23.9 Å². The van der Waals surface area contributed by atoms with Crippen LogP contribution in [0, 0.1) is 0 Å². The van der Waals surface area contributed by atoms with Gasteiger partial charge in [0.15, 0.2) is 0 Å². The average molecular weight is 208 g/mol. The molecule has 1 aromatic rings. The van der Waals surface area contributed by atoms with Gasteiger partial charge in [-0.15, -0.1) is 0 Å². The highest BCUT2D eigenvalue weighted by molar-refractivity contribution is 5.15. The Kier molecular flexibility index (Phi) is 4.09. The molecule has 0 saturated heterocycles. The number of nitrogens with zero attached hydrogens (tertiary/aromatic N) is 1. The van der Waals surface area contributed by atoms with E-state index in [4.69, 9.17) is 4.74 Å². The molecule has 0 spiro atoms. The third-order valence-electron chi connectivity index (χ3n) is 2.03. The predicted molar refractivity (Wildman–Crippen MR) is 62.2 cm³/mol. The van der Waals surface area contributed by atoms with Crippen LogP contribution in [0.3, 0.4) is 0 Å². The molecule has 0 radical (unpaired) electrons. The third kappa shape index (κ3) is 4.79. The predicted octanol–water partition coefficient (Wildman–Crippen LogP) is 2.02. The second-order valence-electron chi connectivity index (χ2n) is 4.60. The van der Waals surface area contributed by atoms with Gasteiger partial charge in [0.2, 0.25) is 5.88 Å². The van der Waals surface area contributed by atoms with E-state index in [1.807, 2.05) is 18.2 Å². The van der Waals surface area contributed by atoms with Crippen molar-refractivity contribution in [2.75, 3.05) is 13.7 Å². The smallest absolute Gasteiger partial charge is 0.213 e. The van der Waals surface area contributed by atoms with E-state index in [1.165, 1.54) is 0 Å². The maximum absolute atomic E-state index is 5.07. The van der Waals surface area contributed by atoms with Gasteiger partial charge < -0.3 is 10.1 Å². The van der Waals surface area contributed by atoms with Crippen LogP contribution in [0.4, 0.5) is 0 Å². The lowest BCUT2D eigenvalue weighted by Crippen LogP contribution is -2.37. The van der Waals surface area contributed by atoms with Crippen molar-refractivity contribution < 1.29 is 4.74 Å². The van der Waals surface area contributed by atoms with Crippen LogP contribution in [-0.4, -0.2) is 24.2 Å². The number of aromatic nitrogens is 1. The summed E-state index contributed by atoms with van der Waals surface area (Å²) in [4.78, 5) is 4.35. The topological polar surface area (TPSA) is 34.1 Å². The molecule has 0 fully saturated rings. The first-order valence-corrected chi connectivity index (χ1v) is 5.26. The molecule has 0 atom stereocenters. The zero-order valence-electron chi connectivity index (χ0n) is 10.0. The van der Waals surface area contributed by atoms with E-state index in [2.05, 4.69) is 31.1 Å². The van der Waals surface area contributed by atoms with Crippen LogP contribution in [0.2, 0.25) is 0 Å². The Balaban J connectivity index is 2.44. The SMILES string of the molecule is COc1cccc(CCNC(C)(C)C)n1. The van der Waals surface area contributed by atoms with Gasteiger partial charge in [-0.05, 0) is 26.8 Å². The zero-order chi connectivity index (χ0) is 11.3. The highest BCUT2D eigenvalue weighted by Crippen LogP contribution is 2.07. The lowest BCUT2D eigenvalue weighted by atomic mass is 10.1. The van der Waals surface area contributed by atoms with Crippen molar-refractivity contribution in [1.82, 2.24) is 10.3 Å².